The lowest BCUT2D eigenvalue weighted by Gasteiger charge is -2.22. The molecule has 0 bridgehead atoms. The van der Waals surface area contributed by atoms with E-state index in [2.05, 4.69) is 5.10 Å². The smallest absolute Gasteiger partial charge is 0.383 e. The van der Waals surface area contributed by atoms with Gasteiger partial charge in [-0.05, 0) is 30.7 Å². The fourth-order valence-corrected chi connectivity index (χ4v) is 3.18. The van der Waals surface area contributed by atoms with E-state index >= 15 is 0 Å². The Labute approximate surface area is 182 Å². The zero-order chi connectivity index (χ0) is 23.3. The fourth-order valence-electron chi connectivity index (χ4n) is 3.18. The molecule has 0 unspecified atom stereocenters. The quantitative estimate of drug-likeness (QED) is 0.554. The number of hydrogen-bond acceptors (Lipinski definition) is 4. The number of carbonyl (C=O) groups excluding carboxylic acids is 1. The Morgan fingerprint density at radius 3 is 2.47 bits per heavy atom. The number of hydrogen-bond donors (Lipinski definition) is 0. The number of rotatable bonds is 7. The van der Waals surface area contributed by atoms with Crippen LogP contribution in [-0.2, 0) is 17.5 Å². The van der Waals surface area contributed by atoms with Crippen LogP contribution in [-0.4, -0.2) is 40.8 Å². The van der Waals surface area contributed by atoms with Crippen molar-refractivity contribution in [3.63, 3.8) is 0 Å². The van der Waals surface area contributed by atoms with E-state index in [1.54, 1.807) is 0 Å². The number of aryl methyl sites for hydroxylation is 1. The summed E-state index contributed by atoms with van der Waals surface area (Å²) < 4.78 is 45.7. The van der Waals surface area contributed by atoms with Crippen LogP contribution in [0.4, 0.5) is 13.2 Å². The highest BCUT2D eigenvalue weighted by molar-refractivity contribution is 5.92. The van der Waals surface area contributed by atoms with Gasteiger partial charge in [-0.3, -0.25) is 9.59 Å². The molecule has 1 heterocycles. The molecule has 3 rings (SSSR count). The van der Waals surface area contributed by atoms with Crippen LogP contribution >= 0.6 is 0 Å². The minimum atomic E-state index is -4.53. The van der Waals surface area contributed by atoms with Crippen molar-refractivity contribution in [3.8, 4) is 5.69 Å². The predicted molar refractivity (Wildman–Crippen MR) is 113 cm³/mol. The largest absolute Gasteiger partial charge is 0.416 e. The Kier molecular flexibility index (Phi) is 7.09. The van der Waals surface area contributed by atoms with Gasteiger partial charge in [0.1, 0.15) is 0 Å². The third-order valence-electron chi connectivity index (χ3n) is 4.80. The second kappa shape index (κ2) is 9.78. The predicted octanol–water partition coefficient (Wildman–Crippen LogP) is 3.85. The van der Waals surface area contributed by atoms with Gasteiger partial charge in [0.05, 0.1) is 17.9 Å². The molecule has 3 aromatic rings. The highest BCUT2D eigenvalue weighted by atomic mass is 19.4. The van der Waals surface area contributed by atoms with E-state index in [4.69, 9.17) is 4.74 Å². The lowest BCUT2D eigenvalue weighted by molar-refractivity contribution is -0.137. The Bertz CT molecular complexity index is 1140. The van der Waals surface area contributed by atoms with E-state index in [9.17, 15) is 22.8 Å². The Hall–Kier alpha value is -3.46. The monoisotopic (exact) mass is 445 g/mol. The molecule has 6 nitrogen and oxygen atoms in total. The molecule has 0 N–H and O–H groups in total. The van der Waals surface area contributed by atoms with Crippen LogP contribution < -0.4 is 5.43 Å². The molecular formula is C23H22F3N3O3. The molecule has 32 heavy (non-hydrogen) atoms. The number of alkyl halides is 3. The van der Waals surface area contributed by atoms with Crippen molar-refractivity contribution in [2.75, 3.05) is 20.3 Å². The average Bonchev–Trinajstić information content (AvgIpc) is 2.76. The van der Waals surface area contributed by atoms with Gasteiger partial charge >= 0.3 is 6.18 Å². The molecule has 1 amide bonds. The maximum Gasteiger partial charge on any atom is 0.416 e. The second-order valence-corrected chi connectivity index (χ2v) is 7.16. The first-order chi connectivity index (χ1) is 15.2. The van der Waals surface area contributed by atoms with Crippen LogP contribution in [0.1, 0.15) is 27.3 Å². The van der Waals surface area contributed by atoms with Crippen molar-refractivity contribution >= 4 is 5.91 Å². The number of benzene rings is 2. The molecule has 0 saturated carbocycles. The molecule has 0 saturated heterocycles. The van der Waals surface area contributed by atoms with E-state index in [1.807, 2.05) is 30.3 Å². The van der Waals surface area contributed by atoms with Crippen LogP contribution in [0.5, 0.6) is 0 Å². The van der Waals surface area contributed by atoms with E-state index in [-0.39, 0.29) is 31.1 Å². The Balaban J connectivity index is 2.01. The second-order valence-electron chi connectivity index (χ2n) is 7.16. The van der Waals surface area contributed by atoms with Crippen LogP contribution in [0, 0.1) is 6.92 Å². The zero-order valence-corrected chi connectivity index (χ0v) is 17.6. The molecule has 0 atom stereocenters. The summed E-state index contributed by atoms with van der Waals surface area (Å²) in [5.74, 6) is -0.628. The number of ether oxygens (including phenoxy) is 1. The van der Waals surface area contributed by atoms with Crippen molar-refractivity contribution in [3.05, 3.63) is 93.4 Å². The number of amides is 1. The highest BCUT2D eigenvalue weighted by Gasteiger charge is 2.31. The van der Waals surface area contributed by atoms with Crippen LogP contribution in [0.15, 0.2) is 65.5 Å². The minimum Gasteiger partial charge on any atom is -0.383 e. The van der Waals surface area contributed by atoms with E-state index in [0.29, 0.717) is 5.69 Å². The molecule has 9 heteroatoms. The topological polar surface area (TPSA) is 64.4 Å². The van der Waals surface area contributed by atoms with Crippen molar-refractivity contribution < 1.29 is 22.7 Å². The lowest BCUT2D eigenvalue weighted by Crippen LogP contribution is -2.38. The fraction of sp³-hybridized carbons (Fsp3) is 0.261. The Morgan fingerprint density at radius 2 is 1.81 bits per heavy atom. The molecule has 0 aliphatic carbocycles. The molecule has 0 spiro atoms. The molecule has 1 aromatic heterocycles. The number of halogens is 3. The first-order valence-electron chi connectivity index (χ1n) is 9.81. The van der Waals surface area contributed by atoms with Crippen molar-refractivity contribution in [1.82, 2.24) is 14.7 Å². The first-order valence-corrected chi connectivity index (χ1v) is 9.81. The lowest BCUT2D eigenvalue weighted by atomic mass is 10.2. The van der Waals surface area contributed by atoms with Gasteiger partial charge in [-0.25, -0.2) is 4.68 Å². The van der Waals surface area contributed by atoms with E-state index in [1.165, 1.54) is 41.8 Å². The SMILES string of the molecule is COCCN(Cc1ccccc1)C(=O)c1nn(-c2cccc(C(F)(F)F)c2)c(C)cc1=O. The number of methoxy groups -OCH3 is 1. The third kappa shape index (κ3) is 5.42. The average molecular weight is 445 g/mol. The number of carbonyl (C=O) groups is 1. The number of aromatic nitrogens is 2. The molecule has 0 aliphatic heterocycles. The van der Waals surface area contributed by atoms with Crippen molar-refractivity contribution in [2.45, 2.75) is 19.6 Å². The maximum absolute atomic E-state index is 13.2. The summed E-state index contributed by atoms with van der Waals surface area (Å²) in [6.07, 6.45) is -4.53. The van der Waals surface area contributed by atoms with Gasteiger partial charge in [0, 0.05) is 32.0 Å². The normalized spacial score (nSPS) is 11.4. The maximum atomic E-state index is 13.2. The summed E-state index contributed by atoms with van der Waals surface area (Å²) in [6.45, 7) is 2.21. The van der Waals surface area contributed by atoms with Gasteiger partial charge in [-0.2, -0.15) is 18.3 Å². The summed E-state index contributed by atoms with van der Waals surface area (Å²) in [6, 6.07) is 14.9. The third-order valence-corrected chi connectivity index (χ3v) is 4.80. The molecular weight excluding hydrogens is 423 g/mol. The van der Waals surface area contributed by atoms with Gasteiger partial charge < -0.3 is 9.64 Å². The first kappa shape index (κ1) is 23.2. The van der Waals surface area contributed by atoms with E-state index < -0.39 is 23.1 Å². The summed E-state index contributed by atoms with van der Waals surface area (Å²) in [5, 5.41) is 4.14. The minimum absolute atomic E-state index is 0.0953. The van der Waals surface area contributed by atoms with Crippen molar-refractivity contribution in [1.29, 1.82) is 0 Å². The van der Waals surface area contributed by atoms with Crippen LogP contribution in [0.3, 0.4) is 0 Å². The summed E-state index contributed by atoms with van der Waals surface area (Å²) in [4.78, 5) is 27.2. The molecule has 0 fully saturated rings. The van der Waals surface area contributed by atoms with E-state index in [0.717, 1.165) is 17.7 Å². The standard InChI is InChI=1S/C23H22F3N3O3/c1-16-13-20(30)21(27-29(16)19-10-6-9-18(14-19)23(24,25)26)22(31)28(11-12-32-2)15-17-7-4-3-5-8-17/h3-10,13-14H,11-12,15H2,1-2H3. The molecule has 0 radical (unpaired) electrons. The van der Waals surface area contributed by atoms with Gasteiger partial charge in [-0.1, -0.05) is 36.4 Å². The molecule has 0 aliphatic rings. The summed E-state index contributed by atoms with van der Waals surface area (Å²) >= 11 is 0. The Morgan fingerprint density at radius 1 is 1.09 bits per heavy atom. The van der Waals surface area contributed by atoms with Gasteiger partial charge in [-0.15, -0.1) is 0 Å². The van der Waals surface area contributed by atoms with Gasteiger partial charge in [0.25, 0.3) is 5.91 Å². The summed E-state index contributed by atoms with van der Waals surface area (Å²) in [7, 11) is 1.50. The van der Waals surface area contributed by atoms with Gasteiger partial charge in [0.15, 0.2) is 5.69 Å². The summed E-state index contributed by atoms with van der Waals surface area (Å²) in [5.41, 5.74) is -0.586. The number of nitrogens with zero attached hydrogens (tertiary/aromatic N) is 3. The van der Waals surface area contributed by atoms with Gasteiger partial charge in [0.2, 0.25) is 5.43 Å². The zero-order valence-electron chi connectivity index (χ0n) is 17.6. The van der Waals surface area contributed by atoms with Crippen LogP contribution in [0.25, 0.3) is 5.69 Å². The molecule has 2 aromatic carbocycles. The molecule has 168 valence electrons. The van der Waals surface area contributed by atoms with Crippen molar-refractivity contribution in [2.24, 2.45) is 0 Å². The van der Waals surface area contributed by atoms with Crippen LogP contribution in [0.2, 0.25) is 0 Å². The highest BCUT2D eigenvalue weighted by Crippen LogP contribution is 2.30.